The van der Waals surface area contributed by atoms with Crippen molar-refractivity contribution in [3.63, 3.8) is 0 Å². The molecule has 1 aromatic carbocycles. The van der Waals surface area contributed by atoms with Gasteiger partial charge in [0, 0.05) is 10.8 Å². The minimum atomic E-state index is -0.921. The molecular weight excluding hydrogens is 440 g/mol. The molecular formula is C22H22N8O4. The van der Waals surface area contributed by atoms with Gasteiger partial charge in [0.15, 0.2) is 0 Å². The number of pyridine rings is 2. The first-order valence-electron chi connectivity index (χ1n) is 10.6. The molecule has 0 saturated carbocycles. The van der Waals surface area contributed by atoms with Crippen molar-refractivity contribution in [2.45, 2.75) is 25.3 Å². The van der Waals surface area contributed by atoms with Gasteiger partial charge in [-0.1, -0.05) is 34.7 Å². The van der Waals surface area contributed by atoms with E-state index in [1.807, 2.05) is 36.4 Å². The maximum absolute atomic E-state index is 9.63. The van der Waals surface area contributed by atoms with Crippen LogP contribution in [0.1, 0.15) is 0 Å². The van der Waals surface area contributed by atoms with Crippen molar-refractivity contribution in [3.8, 4) is 22.8 Å². The van der Waals surface area contributed by atoms with Gasteiger partial charge < -0.3 is 20.4 Å². The number of rotatable bonds is 8. The number of fused-ring (bicyclic) bond motifs is 3. The summed E-state index contributed by atoms with van der Waals surface area (Å²) in [4.78, 5) is 9.57. The Hall–Kier alpha value is -3.84. The van der Waals surface area contributed by atoms with Crippen LogP contribution in [0.25, 0.3) is 44.6 Å². The lowest BCUT2D eigenvalue weighted by Gasteiger charge is -2.06. The predicted octanol–water partition coefficient (Wildman–Crippen LogP) is 0.00640. The van der Waals surface area contributed by atoms with Gasteiger partial charge in [-0.3, -0.25) is 0 Å². The van der Waals surface area contributed by atoms with Gasteiger partial charge in [-0.25, -0.2) is 19.3 Å². The van der Waals surface area contributed by atoms with Gasteiger partial charge in [0.05, 0.1) is 73.3 Å². The van der Waals surface area contributed by atoms with Gasteiger partial charge in [0.1, 0.15) is 11.4 Å². The number of aliphatic hydroxyl groups excluding tert-OH is 4. The largest absolute Gasteiger partial charge is 0.394 e. The lowest BCUT2D eigenvalue weighted by Crippen LogP contribution is -2.20. The number of hydrogen-bond donors (Lipinski definition) is 4. The minimum Gasteiger partial charge on any atom is -0.394 e. The van der Waals surface area contributed by atoms with Crippen molar-refractivity contribution in [2.75, 3.05) is 13.2 Å². The third-order valence-electron chi connectivity index (χ3n) is 5.34. The van der Waals surface area contributed by atoms with E-state index < -0.39 is 12.2 Å². The topological polar surface area (TPSA) is 168 Å². The molecule has 12 nitrogen and oxygen atoms in total. The summed E-state index contributed by atoms with van der Waals surface area (Å²) >= 11 is 0. The molecule has 4 aromatic heterocycles. The standard InChI is InChI=1S/C22H22N8O4/c31-11-15(33)7-29-9-19(25-27-29)17-5-3-13-1-2-14-4-6-18(24-22(14)21(13)23-17)20-10-30(28-26-20)8-16(34)12-32/h1-6,9-10,15-16,31-34H,7-8,11-12H2. The van der Waals surface area contributed by atoms with E-state index in [-0.39, 0.29) is 26.3 Å². The Morgan fingerprint density at radius 3 is 1.44 bits per heavy atom. The second kappa shape index (κ2) is 9.19. The molecule has 0 spiro atoms. The van der Waals surface area contributed by atoms with Crippen molar-refractivity contribution in [3.05, 3.63) is 48.8 Å². The zero-order valence-corrected chi connectivity index (χ0v) is 18.0. The van der Waals surface area contributed by atoms with Crippen LogP contribution in [0, 0.1) is 0 Å². The molecule has 0 aliphatic heterocycles. The lowest BCUT2D eigenvalue weighted by molar-refractivity contribution is 0.0777. The summed E-state index contributed by atoms with van der Waals surface area (Å²) in [7, 11) is 0. The number of aliphatic hydroxyl groups is 4. The Balaban J connectivity index is 1.53. The Bertz CT molecular complexity index is 1340. The van der Waals surface area contributed by atoms with Crippen LogP contribution in [0.2, 0.25) is 0 Å². The fourth-order valence-corrected chi connectivity index (χ4v) is 3.61. The Kier molecular flexibility index (Phi) is 5.94. The first-order chi connectivity index (χ1) is 16.5. The van der Waals surface area contributed by atoms with Crippen LogP contribution in [0.4, 0.5) is 0 Å². The predicted molar refractivity (Wildman–Crippen MR) is 121 cm³/mol. The van der Waals surface area contributed by atoms with Crippen LogP contribution < -0.4 is 0 Å². The Labute approximate surface area is 192 Å². The van der Waals surface area contributed by atoms with Crippen molar-refractivity contribution in [1.29, 1.82) is 0 Å². The molecule has 4 N–H and O–H groups in total. The highest BCUT2D eigenvalue weighted by atomic mass is 16.3. The summed E-state index contributed by atoms with van der Waals surface area (Å²) in [5.74, 6) is 0. The number of hydrogen-bond acceptors (Lipinski definition) is 10. The SMILES string of the molecule is OCC(O)Cn1cc(-c2ccc3ccc4ccc(-c5cn(CC(O)CO)nn5)nc4c3n2)nn1. The number of benzene rings is 1. The van der Waals surface area contributed by atoms with Gasteiger partial charge in [-0.05, 0) is 12.1 Å². The van der Waals surface area contributed by atoms with E-state index >= 15 is 0 Å². The van der Waals surface area contributed by atoms with Crippen molar-refractivity contribution >= 4 is 21.8 Å². The van der Waals surface area contributed by atoms with Gasteiger partial charge in [0.2, 0.25) is 0 Å². The van der Waals surface area contributed by atoms with Crippen LogP contribution >= 0.6 is 0 Å². The highest BCUT2D eigenvalue weighted by Gasteiger charge is 2.13. The highest BCUT2D eigenvalue weighted by molar-refractivity contribution is 6.03. The Morgan fingerprint density at radius 2 is 1.03 bits per heavy atom. The molecule has 0 radical (unpaired) electrons. The van der Waals surface area contributed by atoms with Gasteiger partial charge in [-0.15, -0.1) is 10.2 Å². The first kappa shape index (κ1) is 22.0. The van der Waals surface area contributed by atoms with Crippen molar-refractivity contribution < 1.29 is 20.4 Å². The zero-order valence-electron chi connectivity index (χ0n) is 18.0. The monoisotopic (exact) mass is 462 g/mol. The van der Waals surface area contributed by atoms with E-state index in [1.54, 1.807) is 12.4 Å². The molecule has 0 bridgehead atoms. The summed E-state index contributed by atoms with van der Waals surface area (Å²) in [5.41, 5.74) is 3.63. The van der Waals surface area contributed by atoms with Crippen LogP contribution in [0.5, 0.6) is 0 Å². The summed E-state index contributed by atoms with van der Waals surface area (Å²) < 4.78 is 2.91. The second-order valence-corrected chi connectivity index (χ2v) is 7.93. The molecule has 0 aliphatic carbocycles. The third kappa shape index (κ3) is 4.34. The molecule has 2 atom stereocenters. The van der Waals surface area contributed by atoms with Crippen LogP contribution in [-0.4, -0.2) is 85.8 Å². The molecule has 5 rings (SSSR count). The van der Waals surface area contributed by atoms with Gasteiger partial charge >= 0.3 is 0 Å². The van der Waals surface area contributed by atoms with E-state index in [0.29, 0.717) is 33.8 Å². The zero-order chi connectivity index (χ0) is 23.7. The molecule has 0 saturated heterocycles. The van der Waals surface area contributed by atoms with E-state index in [4.69, 9.17) is 20.2 Å². The molecule has 0 aliphatic rings. The van der Waals surface area contributed by atoms with E-state index in [9.17, 15) is 10.2 Å². The normalized spacial score (nSPS) is 13.5. The number of aromatic nitrogens is 8. The highest BCUT2D eigenvalue weighted by Crippen LogP contribution is 2.27. The van der Waals surface area contributed by atoms with E-state index in [0.717, 1.165) is 10.8 Å². The maximum Gasteiger partial charge on any atom is 0.131 e. The average molecular weight is 462 g/mol. The van der Waals surface area contributed by atoms with Crippen molar-refractivity contribution in [1.82, 2.24) is 40.0 Å². The van der Waals surface area contributed by atoms with Crippen LogP contribution in [0.15, 0.2) is 48.8 Å². The van der Waals surface area contributed by atoms with Crippen LogP contribution in [-0.2, 0) is 13.1 Å². The second-order valence-electron chi connectivity index (χ2n) is 7.93. The first-order valence-corrected chi connectivity index (χ1v) is 10.6. The summed E-state index contributed by atoms with van der Waals surface area (Å²) in [6, 6.07) is 11.5. The molecule has 5 aromatic rings. The number of nitrogens with zero attached hydrogens (tertiary/aromatic N) is 8. The quantitative estimate of drug-likeness (QED) is 0.230. The van der Waals surface area contributed by atoms with E-state index in [1.165, 1.54) is 9.36 Å². The fourth-order valence-electron chi connectivity index (χ4n) is 3.61. The molecule has 0 amide bonds. The molecule has 4 heterocycles. The minimum absolute atomic E-state index is 0.126. The summed E-state index contributed by atoms with van der Waals surface area (Å²) in [6.45, 7) is -0.472. The Morgan fingerprint density at radius 1 is 0.618 bits per heavy atom. The maximum atomic E-state index is 9.63. The van der Waals surface area contributed by atoms with Crippen molar-refractivity contribution in [2.24, 2.45) is 0 Å². The molecule has 174 valence electrons. The average Bonchev–Trinajstić information content (AvgIpc) is 3.53. The smallest absolute Gasteiger partial charge is 0.131 e. The fraction of sp³-hybridized carbons (Fsp3) is 0.273. The van der Waals surface area contributed by atoms with E-state index in [2.05, 4.69) is 20.6 Å². The summed E-state index contributed by atoms with van der Waals surface area (Å²) in [5, 5.41) is 55.4. The lowest BCUT2D eigenvalue weighted by atomic mass is 10.1. The molecule has 12 heteroatoms. The third-order valence-corrected chi connectivity index (χ3v) is 5.34. The molecule has 0 fully saturated rings. The van der Waals surface area contributed by atoms with Crippen LogP contribution in [0.3, 0.4) is 0 Å². The molecule has 2 unspecified atom stereocenters. The summed E-state index contributed by atoms with van der Waals surface area (Å²) in [6.07, 6.45) is 1.48. The molecule has 34 heavy (non-hydrogen) atoms. The van der Waals surface area contributed by atoms with Gasteiger partial charge in [-0.2, -0.15) is 0 Å². The van der Waals surface area contributed by atoms with Gasteiger partial charge in [0.25, 0.3) is 0 Å².